The molecule has 3 aromatic rings. The Morgan fingerprint density at radius 2 is 2.00 bits per heavy atom. The van der Waals surface area contributed by atoms with Gasteiger partial charge in [-0.05, 0) is 49.4 Å². The van der Waals surface area contributed by atoms with E-state index in [1.807, 2.05) is 0 Å². The number of aromatic nitrogens is 2. The molecule has 128 valence electrons. The second-order valence-corrected chi connectivity index (χ2v) is 6.87. The monoisotopic (exact) mass is 377 g/mol. The van der Waals surface area contributed by atoms with Crippen molar-refractivity contribution in [2.24, 2.45) is 0 Å². The van der Waals surface area contributed by atoms with Crippen LogP contribution in [-0.2, 0) is 4.79 Å². The van der Waals surface area contributed by atoms with Crippen LogP contribution in [0.4, 0.5) is 10.1 Å². The highest BCUT2D eigenvalue weighted by Gasteiger charge is 2.19. The maximum atomic E-state index is 13.2. The lowest BCUT2D eigenvalue weighted by Crippen LogP contribution is -2.22. The van der Waals surface area contributed by atoms with Gasteiger partial charge in [0.1, 0.15) is 5.82 Å². The van der Waals surface area contributed by atoms with Crippen LogP contribution in [0.15, 0.2) is 58.2 Å². The molecule has 1 aromatic heterocycles. The number of rotatable bonds is 5. The smallest absolute Gasteiger partial charge is 0.277 e. The number of nitrogens with zero attached hydrogens (tertiary/aromatic N) is 2. The summed E-state index contributed by atoms with van der Waals surface area (Å²) in [5.74, 6) is -0.360. The lowest BCUT2D eigenvalue weighted by atomic mass is 10.2. The SMILES string of the molecule is CC(Sc1nnc(-c2ccc(Cl)cc2)o1)C(=O)Nc1cccc(F)c1. The third-order valence-electron chi connectivity index (χ3n) is 3.24. The Morgan fingerprint density at radius 1 is 1.24 bits per heavy atom. The van der Waals surface area contributed by atoms with Gasteiger partial charge in [-0.1, -0.05) is 29.4 Å². The number of halogens is 2. The van der Waals surface area contributed by atoms with E-state index < -0.39 is 11.1 Å². The van der Waals surface area contributed by atoms with Crippen LogP contribution in [0.2, 0.25) is 5.02 Å². The second-order valence-electron chi connectivity index (χ2n) is 5.14. The lowest BCUT2D eigenvalue weighted by Gasteiger charge is -2.09. The van der Waals surface area contributed by atoms with E-state index in [1.54, 1.807) is 37.3 Å². The van der Waals surface area contributed by atoms with Crippen LogP contribution in [0, 0.1) is 5.82 Å². The van der Waals surface area contributed by atoms with Gasteiger partial charge in [-0.25, -0.2) is 4.39 Å². The number of amides is 1. The van der Waals surface area contributed by atoms with Gasteiger partial charge >= 0.3 is 0 Å². The summed E-state index contributed by atoms with van der Waals surface area (Å²) in [5.41, 5.74) is 1.13. The minimum Gasteiger partial charge on any atom is -0.411 e. The zero-order chi connectivity index (χ0) is 17.8. The molecule has 5 nitrogen and oxygen atoms in total. The fourth-order valence-corrected chi connectivity index (χ4v) is 2.79. The van der Waals surface area contributed by atoms with E-state index in [1.165, 1.54) is 18.2 Å². The number of thioether (sulfide) groups is 1. The molecule has 0 spiro atoms. The van der Waals surface area contributed by atoms with Crippen molar-refractivity contribution < 1.29 is 13.6 Å². The Hall–Kier alpha value is -2.38. The first-order valence-electron chi connectivity index (χ1n) is 7.34. The maximum absolute atomic E-state index is 13.2. The van der Waals surface area contributed by atoms with Gasteiger partial charge in [0.15, 0.2) is 0 Å². The third-order valence-corrected chi connectivity index (χ3v) is 4.42. The zero-order valence-corrected chi connectivity index (χ0v) is 14.6. The van der Waals surface area contributed by atoms with E-state index in [4.69, 9.17) is 16.0 Å². The highest BCUT2D eigenvalue weighted by molar-refractivity contribution is 8.00. The molecule has 1 heterocycles. The molecule has 8 heteroatoms. The minimum absolute atomic E-state index is 0.270. The topological polar surface area (TPSA) is 68.0 Å². The van der Waals surface area contributed by atoms with Crippen LogP contribution in [-0.4, -0.2) is 21.4 Å². The van der Waals surface area contributed by atoms with Gasteiger partial charge in [0.05, 0.1) is 5.25 Å². The summed E-state index contributed by atoms with van der Waals surface area (Å²) in [6.07, 6.45) is 0. The van der Waals surface area contributed by atoms with E-state index >= 15 is 0 Å². The Labute approximate surface area is 152 Å². The van der Waals surface area contributed by atoms with Crippen molar-refractivity contribution in [2.45, 2.75) is 17.4 Å². The van der Waals surface area contributed by atoms with Crippen LogP contribution in [0.5, 0.6) is 0 Å². The molecule has 0 aliphatic carbocycles. The van der Waals surface area contributed by atoms with Crippen LogP contribution in [0.1, 0.15) is 6.92 Å². The first-order valence-corrected chi connectivity index (χ1v) is 8.59. The van der Waals surface area contributed by atoms with E-state index in [2.05, 4.69) is 15.5 Å². The molecule has 1 atom stereocenters. The Morgan fingerprint density at radius 3 is 2.72 bits per heavy atom. The van der Waals surface area contributed by atoms with Crippen molar-refractivity contribution in [2.75, 3.05) is 5.32 Å². The third kappa shape index (κ3) is 4.58. The summed E-state index contributed by atoms with van der Waals surface area (Å²) in [6.45, 7) is 1.70. The molecule has 2 aromatic carbocycles. The average molecular weight is 378 g/mol. The van der Waals surface area contributed by atoms with E-state index in [9.17, 15) is 9.18 Å². The summed E-state index contributed by atoms with van der Waals surface area (Å²) < 4.78 is 18.7. The summed E-state index contributed by atoms with van der Waals surface area (Å²) >= 11 is 6.97. The Balaban J connectivity index is 1.63. The van der Waals surface area contributed by atoms with Gasteiger partial charge in [-0.3, -0.25) is 4.79 Å². The molecule has 0 radical (unpaired) electrons. The zero-order valence-electron chi connectivity index (χ0n) is 13.1. The molecule has 25 heavy (non-hydrogen) atoms. The van der Waals surface area contributed by atoms with Crippen molar-refractivity contribution in [1.29, 1.82) is 0 Å². The molecule has 0 fully saturated rings. The van der Waals surface area contributed by atoms with Crippen molar-refractivity contribution in [3.05, 3.63) is 59.4 Å². The summed E-state index contributed by atoms with van der Waals surface area (Å²) in [7, 11) is 0. The second kappa shape index (κ2) is 7.67. The predicted molar refractivity (Wildman–Crippen MR) is 95.1 cm³/mol. The van der Waals surface area contributed by atoms with Crippen LogP contribution in [0.3, 0.4) is 0 Å². The van der Waals surface area contributed by atoms with Gasteiger partial charge in [0.2, 0.25) is 11.8 Å². The Bertz CT molecular complexity index is 886. The summed E-state index contributed by atoms with van der Waals surface area (Å²) in [5, 5.41) is 10.9. The molecular formula is C17H13ClFN3O2S. The van der Waals surface area contributed by atoms with E-state index in [-0.39, 0.29) is 11.1 Å². The molecule has 0 aliphatic heterocycles. The van der Waals surface area contributed by atoms with Crippen LogP contribution < -0.4 is 5.32 Å². The molecule has 0 aliphatic rings. The molecule has 1 unspecified atom stereocenters. The van der Waals surface area contributed by atoms with Gasteiger partial charge in [0, 0.05) is 16.3 Å². The fraction of sp³-hybridized carbons (Fsp3) is 0.118. The number of anilines is 1. The number of carbonyl (C=O) groups is 1. The number of benzene rings is 2. The number of hydrogen-bond donors (Lipinski definition) is 1. The van der Waals surface area contributed by atoms with Gasteiger partial charge in [0.25, 0.3) is 5.22 Å². The van der Waals surface area contributed by atoms with E-state index in [0.29, 0.717) is 16.6 Å². The average Bonchev–Trinajstić information content (AvgIpc) is 3.04. The largest absolute Gasteiger partial charge is 0.411 e. The van der Waals surface area contributed by atoms with Crippen molar-refractivity contribution in [3.8, 4) is 11.5 Å². The number of carbonyl (C=O) groups excluding carboxylic acids is 1. The van der Waals surface area contributed by atoms with Crippen molar-refractivity contribution >= 4 is 35.0 Å². The molecule has 0 saturated heterocycles. The van der Waals surface area contributed by atoms with Gasteiger partial charge in [-0.15, -0.1) is 10.2 Å². The molecule has 3 rings (SSSR count). The minimum atomic E-state index is -0.498. The highest BCUT2D eigenvalue weighted by Crippen LogP contribution is 2.27. The molecule has 1 N–H and O–H groups in total. The molecule has 0 bridgehead atoms. The van der Waals surface area contributed by atoms with Crippen LogP contribution >= 0.6 is 23.4 Å². The van der Waals surface area contributed by atoms with Crippen molar-refractivity contribution in [1.82, 2.24) is 10.2 Å². The molecule has 0 saturated carbocycles. The van der Waals surface area contributed by atoms with Gasteiger partial charge < -0.3 is 9.73 Å². The number of hydrogen-bond acceptors (Lipinski definition) is 5. The van der Waals surface area contributed by atoms with Crippen molar-refractivity contribution in [3.63, 3.8) is 0 Å². The quantitative estimate of drug-likeness (QED) is 0.655. The fourth-order valence-electron chi connectivity index (χ4n) is 1.98. The summed E-state index contributed by atoms with van der Waals surface area (Å²) in [4.78, 5) is 12.2. The predicted octanol–water partition coefficient (Wildman–Crippen LogP) is 4.65. The maximum Gasteiger partial charge on any atom is 0.277 e. The first kappa shape index (κ1) is 17.4. The highest BCUT2D eigenvalue weighted by atomic mass is 35.5. The Kier molecular flexibility index (Phi) is 5.35. The standard InChI is InChI=1S/C17H13ClFN3O2S/c1-10(15(23)20-14-4-2-3-13(19)9-14)25-17-22-21-16(24-17)11-5-7-12(18)8-6-11/h2-10H,1H3,(H,20,23). The number of nitrogens with one attached hydrogen (secondary N) is 1. The van der Waals surface area contributed by atoms with Gasteiger partial charge in [-0.2, -0.15) is 0 Å². The van der Waals surface area contributed by atoms with Crippen LogP contribution in [0.25, 0.3) is 11.5 Å². The molecular weight excluding hydrogens is 365 g/mol. The summed E-state index contributed by atoms with van der Waals surface area (Å²) in [6, 6.07) is 12.7. The van der Waals surface area contributed by atoms with E-state index in [0.717, 1.165) is 17.3 Å². The normalized spacial score (nSPS) is 12.0. The molecule has 1 amide bonds. The first-order chi connectivity index (χ1) is 12.0. The lowest BCUT2D eigenvalue weighted by molar-refractivity contribution is -0.115.